The molecule has 0 saturated carbocycles. The standard InChI is InChI=1S/C26H26F4N4O/c27-21-14-20(26(28,29)30)15-23(16-21)32-25(35)34(17-19-6-2-1-3-7-19)24-9-12-33(13-10-24)18-22-8-4-5-11-31-22/h1-8,11,14-16,24H,9-10,12-13,17-18H2,(H,32,35). The van der Waals surface area contributed by atoms with Crippen molar-refractivity contribution in [3.05, 3.63) is 95.6 Å². The summed E-state index contributed by atoms with van der Waals surface area (Å²) in [6.07, 6.45) is -1.57. The molecule has 3 aromatic rings. The zero-order valence-electron chi connectivity index (χ0n) is 19.0. The number of nitrogens with one attached hydrogen (secondary N) is 1. The van der Waals surface area contributed by atoms with Gasteiger partial charge in [0.25, 0.3) is 0 Å². The molecule has 9 heteroatoms. The van der Waals surface area contributed by atoms with Gasteiger partial charge in [0, 0.05) is 44.1 Å². The Morgan fingerprint density at radius 3 is 2.40 bits per heavy atom. The number of carbonyl (C=O) groups is 1. The Morgan fingerprint density at radius 1 is 1.03 bits per heavy atom. The Morgan fingerprint density at radius 2 is 1.74 bits per heavy atom. The number of benzene rings is 2. The van der Waals surface area contributed by atoms with Gasteiger partial charge >= 0.3 is 12.2 Å². The number of nitrogens with zero attached hydrogens (tertiary/aromatic N) is 3. The predicted octanol–water partition coefficient (Wildman–Crippen LogP) is 5.94. The zero-order chi connectivity index (χ0) is 24.8. The molecule has 0 unspecified atom stereocenters. The minimum Gasteiger partial charge on any atom is -0.317 e. The summed E-state index contributed by atoms with van der Waals surface area (Å²) < 4.78 is 53.2. The van der Waals surface area contributed by atoms with Crippen LogP contribution in [0.4, 0.5) is 28.0 Å². The maximum atomic E-state index is 13.9. The Bertz CT molecular complexity index is 1120. The van der Waals surface area contributed by atoms with Crippen molar-refractivity contribution in [1.82, 2.24) is 14.8 Å². The van der Waals surface area contributed by atoms with Crippen molar-refractivity contribution in [2.24, 2.45) is 0 Å². The summed E-state index contributed by atoms with van der Waals surface area (Å²) in [5.41, 5.74) is 0.489. The summed E-state index contributed by atoms with van der Waals surface area (Å²) in [4.78, 5) is 21.5. The maximum Gasteiger partial charge on any atom is 0.416 e. The van der Waals surface area contributed by atoms with Gasteiger partial charge in [-0.3, -0.25) is 9.88 Å². The Hall–Kier alpha value is -3.46. The number of carbonyl (C=O) groups excluding carboxylic acids is 1. The van der Waals surface area contributed by atoms with Crippen LogP contribution in [0.1, 0.15) is 29.7 Å². The number of likely N-dealkylation sites (tertiary alicyclic amines) is 1. The van der Waals surface area contributed by atoms with E-state index in [9.17, 15) is 22.4 Å². The zero-order valence-corrected chi connectivity index (χ0v) is 19.0. The average molecular weight is 487 g/mol. The van der Waals surface area contributed by atoms with Crippen molar-refractivity contribution in [2.45, 2.75) is 38.1 Å². The number of rotatable bonds is 6. The van der Waals surface area contributed by atoms with Gasteiger partial charge in [0.15, 0.2) is 0 Å². The molecule has 35 heavy (non-hydrogen) atoms. The number of urea groups is 1. The fourth-order valence-corrected chi connectivity index (χ4v) is 4.28. The molecule has 2 aromatic carbocycles. The van der Waals surface area contributed by atoms with E-state index in [0.717, 1.165) is 36.5 Å². The fourth-order valence-electron chi connectivity index (χ4n) is 4.28. The van der Waals surface area contributed by atoms with E-state index < -0.39 is 23.6 Å². The molecule has 0 aliphatic carbocycles. The van der Waals surface area contributed by atoms with Gasteiger partial charge in [-0.15, -0.1) is 0 Å². The number of aromatic nitrogens is 1. The SMILES string of the molecule is O=C(Nc1cc(F)cc(C(F)(F)F)c1)N(Cc1ccccc1)C1CCN(Cc2ccccn2)CC1. The van der Waals surface area contributed by atoms with Crippen LogP contribution in [0, 0.1) is 5.82 Å². The van der Waals surface area contributed by atoms with Crippen molar-refractivity contribution in [1.29, 1.82) is 0 Å². The van der Waals surface area contributed by atoms with Gasteiger partial charge in [-0.2, -0.15) is 13.2 Å². The van der Waals surface area contributed by atoms with Crippen LogP contribution in [0.3, 0.4) is 0 Å². The molecule has 1 saturated heterocycles. The fraction of sp³-hybridized carbons (Fsp3) is 0.308. The van der Waals surface area contributed by atoms with Gasteiger partial charge in [0.1, 0.15) is 5.82 Å². The highest BCUT2D eigenvalue weighted by atomic mass is 19.4. The van der Waals surface area contributed by atoms with Crippen LogP contribution < -0.4 is 5.32 Å². The van der Waals surface area contributed by atoms with Gasteiger partial charge < -0.3 is 10.2 Å². The van der Waals surface area contributed by atoms with E-state index in [1.54, 1.807) is 11.1 Å². The highest BCUT2D eigenvalue weighted by molar-refractivity contribution is 5.89. The van der Waals surface area contributed by atoms with Crippen LogP contribution in [-0.4, -0.2) is 39.9 Å². The Labute approximate surface area is 201 Å². The number of piperidine rings is 1. The maximum absolute atomic E-state index is 13.9. The van der Waals surface area contributed by atoms with Gasteiger partial charge in [-0.05, 0) is 48.7 Å². The highest BCUT2D eigenvalue weighted by Gasteiger charge is 2.32. The molecule has 0 bridgehead atoms. The van der Waals surface area contributed by atoms with Gasteiger partial charge in [-0.25, -0.2) is 9.18 Å². The first-order valence-corrected chi connectivity index (χ1v) is 11.4. The molecule has 0 atom stereocenters. The number of anilines is 1. The van der Waals surface area contributed by atoms with Crippen LogP contribution in [0.25, 0.3) is 0 Å². The van der Waals surface area contributed by atoms with Crippen LogP contribution in [0.15, 0.2) is 72.9 Å². The van der Waals surface area contributed by atoms with E-state index in [4.69, 9.17) is 0 Å². The molecule has 1 aliphatic rings. The van der Waals surface area contributed by atoms with Gasteiger partial charge in [0.2, 0.25) is 0 Å². The molecule has 184 valence electrons. The van der Waals surface area contributed by atoms with Crippen molar-refractivity contribution >= 4 is 11.7 Å². The van der Waals surface area contributed by atoms with E-state index in [0.29, 0.717) is 32.0 Å². The summed E-state index contributed by atoms with van der Waals surface area (Å²) >= 11 is 0. The number of alkyl halides is 3. The Balaban J connectivity index is 1.48. The molecule has 1 aromatic heterocycles. The lowest BCUT2D eigenvalue weighted by Crippen LogP contribution is -2.48. The van der Waals surface area contributed by atoms with Crippen molar-refractivity contribution in [3.63, 3.8) is 0 Å². The van der Waals surface area contributed by atoms with Crippen LogP contribution in [0.5, 0.6) is 0 Å². The van der Waals surface area contributed by atoms with Crippen LogP contribution >= 0.6 is 0 Å². The summed E-state index contributed by atoms with van der Waals surface area (Å²) in [6.45, 7) is 2.50. The second kappa shape index (κ2) is 10.9. The van der Waals surface area contributed by atoms with Gasteiger partial charge in [0.05, 0.1) is 11.3 Å². The third kappa shape index (κ3) is 6.79. The molecule has 1 fully saturated rings. The number of hydrogen-bond donors (Lipinski definition) is 1. The van der Waals surface area contributed by atoms with Crippen molar-refractivity contribution in [3.8, 4) is 0 Å². The summed E-state index contributed by atoms with van der Waals surface area (Å²) in [5.74, 6) is -1.06. The van der Waals surface area contributed by atoms with Crippen molar-refractivity contribution in [2.75, 3.05) is 18.4 Å². The molecule has 0 radical (unpaired) electrons. The Kier molecular flexibility index (Phi) is 7.65. The lowest BCUT2D eigenvalue weighted by atomic mass is 10.0. The lowest BCUT2D eigenvalue weighted by molar-refractivity contribution is -0.137. The number of amides is 2. The monoisotopic (exact) mass is 486 g/mol. The van der Waals surface area contributed by atoms with Crippen LogP contribution in [-0.2, 0) is 19.3 Å². The quantitative estimate of drug-likeness (QED) is 0.439. The number of halogens is 4. The van der Waals surface area contributed by atoms with Crippen LogP contribution in [0.2, 0.25) is 0 Å². The minimum absolute atomic E-state index is 0.120. The first-order valence-electron chi connectivity index (χ1n) is 11.4. The smallest absolute Gasteiger partial charge is 0.317 e. The molecule has 4 rings (SSSR count). The van der Waals surface area contributed by atoms with Gasteiger partial charge in [-0.1, -0.05) is 36.4 Å². The molecular weight excluding hydrogens is 460 g/mol. The molecule has 2 amide bonds. The van der Waals surface area contributed by atoms with E-state index in [-0.39, 0.29) is 11.7 Å². The first kappa shape index (κ1) is 24.7. The molecule has 0 spiro atoms. The summed E-state index contributed by atoms with van der Waals surface area (Å²) in [7, 11) is 0. The largest absolute Gasteiger partial charge is 0.416 e. The van der Waals surface area contributed by atoms with E-state index in [1.807, 2.05) is 48.5 Å². The highest BCUT2D eigenvalue weighted by Crippen LogP contribution is 2.32. The molecule has 1 N–H and O–H groups in total. The van der Waals surface area contributed by atoms with E-state index in [2.05, 4.69) is 15.2 Å². The second-order valence-corrected chi connectivity index (χ2v) is 8.60. The lowest BCUT2D eigenvalue weighted by Gasteiger charge is -2.38. The molecule has 2 heterocycles. The third-order valence-corrected chi connectivity index (χ3v) is 6.04. The number of hydrogen-bond acceptors (Lipinski definition) is 3. The topological polar surface area (TPSA) is 48.5 Å². The molecule has 5 nitrogen and oxygen atoms in total. The van der Waals surface area contributed by atoms with Crippen molar-refractivity contribution < 1.29 is 22.4 Å². The summed E-state index contributed by atoms with van der Waals surface area (Å²) in [6, 6.07) is 16.5. The molecular formula is C26H26F4N4O. The summed E-state index contributed by atoms with van der Waals surface area (Å²) in [5, 5.41) is 2.49. The average Bonchev–Trinajstić information content (AvgIpc) is 2.83. The molecule has 1 aliphatic heterocycles. The second-order valence-electron chi connectivity index (χ2n) is 8.60. The van der Waals surface area contributed by atoms with E-state index in [1.165, 1.54) is 0 Å². The first-order chi connectivity index (χ1) is 16.8. The predicted molar refractivity (Wildman–Crippen MR) is 125 cm³/mol. The third-order valence-electron chi connectivity index (χ3n) is 6.04. The normalized spacial score (nSPS) is 15.1. The van der Waals surface area contributed by atoms with E-state index >= 15 is 0 Å². The number of pyridine rings is 1. The minimum atomic E-state index is -4.72.